The Morgan fingerprint density at radius 2 is 1.95 bits per heavy atom. The van der Waals surface area contributed by atoms with E-state index >= 15 is 0 Å². The highest BCUT2D eigenvalue weighted by atomic mass is 35.5. The number of aliphatic hydroxyl groups is 1. The Balaban J connectivity index is 2.11. The summed E-state index contributed by atoms with van der Waals surface area (Å²) < 4.78 is 0. The van der Waals surface area contributed by atoms with Crippen LogP contribution in [-0.4, -0.2) is 16.9 Å². The number of benzene rings is 1. The number of carbonyl (C=O) groups excluding carboxylic acids is 2. The van der Waals surface area contributed by atoms with E-state index in [0.717, 1.165) is 10.5 Å². The molecule has 2 aromatic rings. The van der Waals surface area contributed by atoms with Gasteiger partial charge in [-0.1, -0.05) is 23.7 Å². The first-order valence-electron chi connectivity index (χ1n) is 6.12. The normalized spacial score (nSPS) is 15.2. The average Bonchev–Trinajstić information content (AvgIpc) is 3.02. The van der Waals surface area contributed by atoms with Crippen molar-refractivity contribution in [3.63, 3.8) is 0 Å². The lowest BCUT2D eigenvalue weighted by Crippen LogP contribution is -2.32. The fourth-order valence-corrected chi connectivity index (χ4v) is 3.13. The predicted molar refractivity (Wildman–Crippen MR) is 82.5 cm³/mol. The fraction of sp³-hybridized carbons (Fsp3) is 0.0667. The molecule has 0 radical (unpaired) electrons. The summed E-state index contributed by atoms with van der Waals surface area (Å²) in [6.45, 7) is 1.77. The van der Waals surface area contributed by atoms with E-state index < -0.39 is 17.6 Å². The van der Waals surface area contributed by atoms with Crippen molar-refractivity contribution in [3.05, 3.63) is 56.9 Å². The van der Waals surface area contributed by atoms with Crippen molar-refractivity contribution in [1.82, 2.24) is 0 Å². The quantitative estimate of drug-likeness (QED) is 0.861. The molecule has 0 saturated heterocycles. The van der Waals surface area contributed by atoms with Crippen LogP contribution in [0.25, 0.3) is 5.57 Å². The number of amides is 2. The SMILES string of the molecule is Cc1ccc(Cl)cc1N1C(=O)C(O)=C(c2cccs2)C1=O. The van der Waals surface area contributed by atoms with Crippen molar-refractivity contribution < 1.29 is 14.7 Å². The molecule has 1 aromatic heterocycles. The Morgan fingerprint density at radius 3 is 2.62 bits per heavy atom. The number of aliphatic hydroxyl groups excluding tert-OH is 1. The second-order valence-corrected chi connectivity index (χ2v) is 5.96. The molecule has 106 valence electrons. The van der Waals surface area contributed by atoms with Gasteiger partial charge >= 0.3 is 5.91 Å². The van der Waals surface area contributed by atoms with E-state index in [0.29, 0.717) is 15.6 Å². The summed E-state index contributed by atoms with van der Waals surface area (Å²) >= 11 is 7.23. The van der Waals surface area contributed by atoms with Crippen molar-refractivity contribution >= 4 is 46.0 Å². The van der Waals surface area contributed by atoms with E-state index in [4.69, 9.17) is 11.6 Å². The van der Waals surface area contributed by atoms with Crippen LogP contribution in [0, 0.1) is 6.92 Å². The number of anilines is 1. The lowest BCUT2D eigenvalue weighted by molar-refractivity contribution is -0.121. The highest BCUT2D eigenvalue weighted by Crippen LogP contribution is 2.35. The zero-order valence-corrected chi connectivity index (χ0v) is 12.5. The molecule has 21 heavy (non-hydrogen) atoms. The van der Waals surface area contributed by atoms with E-state index in [2.05, 4.69) is 0 Å². The Kier molecular flexibility index (Phi) is 3.31. The molecule has 0 spiro atoms. The third kappa shape index (κ3) is 2.14. The van der Waals surface area contributed by atoms with Gasteiger partial charge in [0.05, 0.1) is 5.69 Å². The maximum Gasteiger partial charge on any atom is 0.301 e. The van der Waals surface area contributed by atoms with Gasteiger partial charge in [0.2, 0.25) is 0 Å². The summed E-state index contributed by atoms with van der Waals surface area (Å²) in [5.41, 5.74) is 1.14. The van der Waals surface area contributed by atoms with Crippen molar-refractivity contribution in [2.24, 2.45) is 0 Å². The Bertz CT molecular complexity index is 780. The first-order valence-corrected chi connectivity index (χ1v) is 7.38. The number of hydrogen-bond acceptors (Lipinski definition) is 4. The van der Waals surface area contributed by atoms with Gasteiger partial charge in [0.25, 0.3) is 5.91 Å². The number of imide groups is 1. The summed E-state index contributed by atoms with van der Waals surface area (Å²) in [4.78, 5) is 26.3. The van der Waals surface area contributed by atoms with Crippen LogP contribution in [0.5, 0.6) is 0 Å². The van der Waals surface area contributed by atoms with E-state index in [1.165, 1.54) is 17.4 Å². The standard InChI is InChI=1S/C15H10ClNO3S/c1-8-4-5-9(16)7-10(8)17-14(19)12(13(18)15(17)20)11-3-2-6-21-11/h2-7,18H,1H3. The van der Waals surface area contributed by atoms with Crippen LogP contribution in [0.3, 0.4) is 0 Å². The first-order chi connectivity index (χ1) is 10.0. The molecule has 0 fully saturated rings. The number of rotatable bonds is 2. The smallest absolute Gasteiger partial charge is 0.301 e. The van der Waals surface area contributed by atoms with Crippen LogP contribution in [0.2, 0.25) is 5.02 Å². The van der Waals surface area contributed by atoms with Crippen LogP contribution in [0.4, 0.5) is 5.69 Å². The van der Waals surface area contributed by atoms with Crippen molar-refractivity contribution in [2.45, 2.75) is 6.92 Å². The highest BCUT2D eigenvalue weighted by molar-refractivity contribution is 7.11. The van der Waals surface area contributed by atoms with Gasteiger partial charge < -0.3 is 5.11 Å². The van der Waals surface area contributed by atoms with Crippen LogP contribution < -0.4 is 4.90 Å². The maximum atomic E-state index is 12.5. The zero-order valence-electron chi connectivity index (χ0n) is 11.0. The molecular weight excluding hydrogens is 310 g/mol. The minimum absolute atomic E-state index is 0.0365. The van der Waals surface area contributed by atoms with Gasteiger partial charge in [-0.3, -0.25) is 9.59 Å². The van der Waals surface area contributed by atoms with Crippen LogP contribution in [0.1, 0.15) is 10.4 Å². The number of carbonyl (C=O) groups is 2. The molecule has 2 amide bonds. The molecule has 4 nitrogen and oxygen atoms in total. The molecule has 0 aliphatic carbocycles. The van der Waals surface area contributed by atoms with Gasteiger partial charge in [0, 0.05) is 9.90 Å². The minimum atomic E-state index is -0.728. The Labute approximate surface area is 129 Å². The molecule has 1 aliphatic rings. The molecule has 1 N–H and O–H groups in total. The monoisotopic (exact) mass is 319 g/mol. The van der Waals surface area contributed by atoms with Crippen LogP contribution in [0.15, 0.2) is 41.5 Å². The van der Waals surface area contributed by atoms with Gasteiger partial charge in [-0.15, -0.1) is 11.3 Å². The average molecular weight is 320 g/mol. The van der Waals surface area contributed by atoms with Crippen LogP contribution in [-0.2, 0) is 9.59 Å². The number of hydrogen-bond donors (Lipinski definition) is 1. The summed E-state index contributed by atoms with van der Waals surface area (Å²) in [7, 11) is 0. The Morgan fingerprint density at radius 1 is 1.19 bits per heavy atom. The molecule has 0 atom stereocenters. The van der Waals surface area contributed by atoms with E-state index in [1.54, 1.807) is 36.6 Å². The molecule has 6 heteroatoms. The molecule has 0 saturated carbocycles. The van der Waals surface area contributed by atoms with Gasteiger partial charge in [0.15, 0.2) is 5.76 Å². The number of aryl methyl sites for hydroxylation is 1. The number of halogens is 1. The van der Waals surface area contributed by atoms with E-state index in [1.807, 2.05) is 0 Å². The maximum absolute atomic E-state index is 12.5. The predicted octanol–water partition coefficient (Wildman–Crippen LogP) is 3.55. The molecular formula is C15H10ClNO3S. The molecule has 1 aromatic carbocycles. The third-order valence-corrected chi connectivity index (χ3v) is 4.36. The molecule has 2 heterocycles. The van der Waals surface area contributed by atoms with Gasteiger partial charge in [0.1, 0.15) is 5.57 Å². The highest BCUT2D eigenvalue weighted by Gasteiger charge is 2.41. The zero-order chi connectivity index (χ0) is 15.1. The number of nitrogens with zero attached hydrogens (tertiary/aromatic N) is 1. The second kappa shape index (κ2) is 5.02. The topological polar surface area (TPSA) is 57.6 Å². The molecule has 3 rings (SSSR count). The summed E-state index contributed by atoms with van der Waals surface area (Å²) in [6.07, 6.45) is 0. The van der Waals surface area contributed by atoms with Gasteiger partial charge in [-0.25, -0.2) is 4.90 Å². The molecule has 0 unspecified atom stereocenters. The molecule has 0 bridgehead atoms. The van der Waals surface area contributed by atoms with E-state index in [9.17, 15) is 14.7 Å². The number of thiophene rings is 1. The van der Waals surface area contributed by atoms with Crippen LogP contribution >= 0.6 is 22.9 Å². The lowest BCUT2D eigenvalue weighted by Gasteiger charge is -2.17. The summed E-state index contributed by atoms with van der Waals surface area (Å²) in [6, 6.07) is 8.38. The summed E-state index contributed by atoms with van der Waals surface area (Å²) in [5.74, 6) is -1.79. The van der Waals surface area contributed by atoms with Crippen molar-refractivity contribution in [2.75, 3.05) is 4.90 Å². The summed E-state index contributed by atoms with van der Waals surface area (Å²) in [5, 5.41) is 12.2. The lowest BCUT2D eigenvalue weighted by atomic mass is 10.1. The largest absolute Gasteiger partial charge is 0.502 e. The second-order valence-electron chi connectivity index (χ2n) is 4.58. The van der Waals surface area contributed by atoms with Crippen molar-refractivity contribution in [3.8, 4) is 0 Å². The van der Waals surface area contributed by atoms with Crippen molar-refractivity contribution in [1.29, 1.82) is 0 Å². The Hall–Kier alpha value is -2.11. The fourth-order valence-electron chi connectivity index (χ4n) is 2.20. The molecule has 1 aliphatic heterocycles. The van der Waals surface area contributed by atoms with Gasteiger partial charge in [-0.05, 0) is 36.1 Å². The third-order valence-electron chi connectivity index (χ3n) is 3.24. The first kappa shape index (κ1) is 13.9. The van der Waals surface area contributed by atoms with E-state index in [-0.39, 0.29) is 5.57 Å². The minimum Gasteiger partial charge on any atom is -0.502 e. The van der Waals surface area contributed by atoms with Gasteiger partial charge in [-0.2, -0.15) is 0 Å².